The molecule has 3 aromatic rings. The fourth-order valence-electron chi connectivity index (χ4n) is 2.09. The molecule has 5 heteroatoms. The van der Waals surface area contributed by atoms with Gasteiger partial charge in [-0.3, -0.25) is 0 Å². The van der Waals surface area contributed by atoms with Crippen LogP contribution in [0, 0.1) is 13.8 Å². The van der Waals surface area contributed by atoms with Gasteiger partial charge in [-0.05, 0) is 38.5 Å². The van der Waals surface area contributed by atoms with Crippen molar-refractivity contribution in [2.45, 2.75) is 31.0 Å². The number of aromatic nitrogens is 3. The van der Waals surface area contributed by atoms with Crippen LogP contribution >= 0.6 is 11.8 Å². The Balaban J connectivity index is 1.91. The van der Waals surface area contributed by atoms with E-state index in [9.17, 15) is 0 Å². The number of hydrogen-bond donors (Lipinski definition) is 0. The zero-order valence-corrected chi connectivity index (χ0v) is 12.4. The number of fused-ring (bicyclic) bond motifs is 1. The highest BCUT2D eigenvalue weighted by Gasteiger charge is 2.15. The summed E-state index contributed by atoms with van der Waals surface area (Å²) in [6.45, 7) is 5.97. The van der Waals surface area contributed by atoms with Crippen LogP contribution in [0.4, 0.5) is 0 Å². The Morgan fingerprint density at radius 1 is 1.15 bits per heavy atom. The first-order valence-corrected chi connectivity index (χ1v) is 7.34. The van der Waals surface area contributed by atoms with Crippen LogP contribution in [0.25, 0.3) is 10.9 Å². The Labute approximate surface area is 121 Å². The van der Waals surface area contributed by atoms with Crippen molar-refractivity contribution in [3.63, 3.8) is 0 Å². The lowest BCUT2D eigenvalue weighted by atomic mass is 10.1. The number of nitrogens with zero attached hydrogens (tertiary/aromatic N) is 3. The first-order chi connectivity index (χ1) is 9.63. The van der Waals surface area contributed by atoms with Crippen LogP contribution in [0.3, 0.4) is 0 Å². The number of pyridine rings is 1. The van der Waals surface area contributed by atoms with Crippen LogP contribution in [0.2, 0.25) is 0 Å². The lowest BCUT2D eigenvalue weighted by Crippen LogP contribution is -1.92. The molecule has 0 spiro atoms. The number of rotatable bonds is 3. The molecule has 0 aliphatic carbocycles. The topological polar surface area (TPSA) is 51.8 Å². The Morgan fingerprint density at radius 2 is 1.95 bits per heavy atom. The molecule has 1 unspecified atom stereocenters. The van der Waals surface area contributed by atoms with Crippen molar-refractivity contribution in [3.05, 3.63) is 47.6 Å². The highest BCUT2D eigenvalue weighted by atomic mass is 32.2. The van der Waals surface area contributed by atoms with E-state index in [1.807, 2.05) is 32.0 Å². The highest BCUT2D eigenvalue weighted by molar-refractivity contribution is 7.99. The average Bonchev–Trinajstić information content (AvgIpc) is 2.86. The van der Waals surface area contributed by atoms with Gasteiger partial charge in [0.1, 0.15) is 0 Å². The molecular formula is C15H15N3OS. The number of para-hydroxylation sites is 1. The maximum atomic E-state index is 5.21. The molecule has 4 nitrogen and oxygen atoms in total. The third-order valence-corrected chi connectivity index (χ3v) is 4.09. The summed E-state index contributed by atoms with van der Waals surface area (Å²) in [6, 6.07) is 10.3. The molecule has 0 aliphatic heterocycles. The molecule has 1 aromatic carbocycles. The third kappa shape index (κ3) is 2.54. The van der Waals surface area contributed by atoms with Gasteiger partial charge in [0.05, 0.1) is 15.8 Å². The molecule has 1 atom stereocenters. The van der Waals surface area contributed by atoms with Gasteiger partial charge >= 0.3 is 0 Å². The second-order valence-electron chi connectivity index (χ2n) is 4.73. The standard InChI is InChI=1S/C15H15N3OS/c1-9-8-14(17-13-7-5-4-6-12(9)13)20-10(2)15-16-11(3)18-19-15/h4-8,10H,1-3H3. The predicted molar refractivity (Wildman–Crippen MR) is 79.8 cm³/mol. The lowest BCUT2D eigenvalue weighted by molar-refractivity contribution is 0.376. The van der Waals surface area contributed by atoms with Crippen molar-refractivity contribution >= 4 is 22.7 Å². The van der Waals surface area contributed by atoms with Gasteiger partial charge in [-0.15, -0.1) is 0 Å². The molecule has 2 heterocycles. The van der Waals surface area contributed by atoms with Crippen molar-refractivity contribution in [1.82, 2.24) is 15.1 Å². The minimum absolute atomic E-state index is 0.0873. The predicted octanol–water partition coefficient (Wildman–Crippen LogP) is 4.09. The van der Waals surface area contributed by atoms with Crippen LogP contribution < -0.4 is 0 Å². The molecule has 0 saturated carbocycles. The minimum Gasteiger partial charge on any atom is -0.338 e. The summed E-state index contributed by atoms with van der Waals surface area (Å²) >= 11 is 1.63. The molecule has 0 saturated heterocycles. The Kier molecular flexibility index (Phi) is 3.44. The minimum atomic E-state index is 0.0873. The zero-order chi connectivity index (χ0) is 14.1. The fourth-order valence-corrected chi connectivity index (χ4v) is 3.04. The van der Waals surface area contributed by atoms with E-state index < -0.39 is 0 Å². The molecule has 2 aromatic heterocycles. The monoisotopic (exact) mass is 285 g/mol. The van der Waals surface area contributed by atoms with Crippen LogP contribution in [-0.4, -0.2) is 15.1 Å². The number of aryl methyl sites for hydroxylation is 2. The first-order valence-electron chi connectivity index (χ1n) is 6.47. The first kappa shape index (κ1) is 13.1. The maximum absolute atomic E-state index is 5.21. The Bertz CT molecular complexity index is 754. The normalized spacial score (nSPS) is 12.8. The van der Waals surface area contributed by atoms with E-state index in [1.54, 1.807) is 11.8 Å². The van der Waals surface area contributed by atoms with Crippen molar-refractivity contribution in [1.29, 1.82) is 0 Å². The van der Waals surface area contributed by atoms with Crippen molar-refractivity contribution in [2.75, 3.05) is 0 Å². The smallest absolute Gasteiger partial charge is 0.239 e. The van der Waals surface area contributed by atoms with Crippen LogP contribution in [-0.2, 0) is 0 Å². The molecule has 0 N–H and O–H groups in total. The highest BCUT2D eigenvalue weighted by Crippen LogP contribution is 2.34. The summed E-state index contributed by atoms with van der Waals surface area (Å²) in [4.78, 5) is 8.95. The van der Waals surface area contributed by atoms with E-state index in [2.05, 4.69) is 34.2 Å². The number of benzene rings is 1. The summed E-state index contributed by atoms with van der Waals surface area (Å²) in [5.74, 6) is 1.30. The van der Waals surface area contributed by atoms with E-state index in [0.29, 0.717) is 11.7 Å². The quantitative estimate of drug-likeness (QED) is 0.678. The largest absolute Gasteiger partial charge is 0.338 e. The zero-order valence-electron chi connectivity index (χ0n) is 11.6. The summed E-state index contributed by atoms with van der Waals surface area (Å²) in [7, 11) is 0. The molecular weight excluding hydrogens is 270 g/mol. The molecule has 20 heavy (non-hydrogen) atoms. The van der Waals surface area contributed by atoms with Gasteiger partial charge in [0.15, 0.2) is 5.82 Å². The maximum Gasteiger partial charge on any atom is 0.239 e. The molecule has 102 valence electrons. The second kappa shape index (κ2) is 5.25. The van der Waals surface area contributed by atoms with E-state index in [4.69, 9.17) is 4.52 Å². The van der Waals surface area contributed by atoms with Gasteiger partial charge < -0.3 is 4.52 Å². The average molecular weight is 285 g/mol. The summed E-state index contributed by atoms with van der Waals surface area (Å²) in [5.41, 5.74) is 2.25. The molecule has 3 rings (SSSR count). The van der Waals surface area contributed by atoms with Crippen LogP contribution in [0.1, 0.15) is 29.5 Å². The molecule has 0 amide bonds. The number of hydrogen-bond acceptors (Lipinski definition) is 5. The second-order valence-corrected chi connectivity index (χ2v) is 6.10. The van der Waals surface area contributed by atoms with Gasteiger partial charge in [-0.25, -0.2) is 4.98 Å². The van der Waals surface area contributed by atoms with E-state index in [1.165, 1.54) is 10.9 Å². The Hall–Kier alpha value is -1.88. The van der Waals surface area contributed by atoms with Crippen LogP contribution in [0.15, 0.2) is 39.9 Å². The van der Waals surface area contributed by atoms with E-state index >= 15 is 0 Å². The summed E-state index contributed by atoms with van der Waals surface area (Å²) < 4.78 is 5.21. The molecule has 0 aliphatic rings. The summed E-state index contributed by atoms with van der Waals surface area (Å²) in [6.07, 6.45) is 0. The SMILES string of the molecule is Cc1noc(C(C)Sc2cc(C)c3ccccc3n2)n1. The van der Waals surface area contributed by atoms with Crippen molar-refractivity contribution in [3.8, 4) is 0 Å². The van der Waals surface area contributed by atoms with Gasteiger partial charge in [-0.2, -0.15) is 4.98 Å². The molecule has 0 radical (unpaired) electrons. The van der Waals surface area contributed by atoms with E-state index in [-0.39, 0.29) is 5.25 Å². The molecule has 0 fully saturated rings. The van der Waals surface area contributed by atoms with Gasteiger partial charge in [0.2, 0.25) is 5.89 Å². The number of thioether (sulfide) groups is 1. The van der Waals surface area contributed by atoms with Gasteiger partial charge in [0.25, 0.3) is 0 Å². The molecule has 0 bridgehead atoms. The van der Waals surface area contributed by atoms with Crippen LogP contribution in [0.5, 0.6) is 0 Å². The van der Waals surface area contributed by atoms with Crippen molar-refractivity contribution < 1.29 is 4.52 Å². The fraction of sp³-hybridized carbons (Fsp3) is 0.267. The van der Waals surface area contributed by atoms with E-state index in [0.717, 1.165) is 10.5 Å². The van der Waals surface area contributed by atoms with Gasteiger partial charge in [-0.1, -0.05) is 35.1 Å². The Morgan fingerprint density at radius 3 is 2.70 bits per heavy atom. The van der Waals surface area contributed by atoms with Crippen molar-refractivity contribution in [2.24, 2.45) is 0 Å². The lowest BCUT2D eigenvalue weighted by Gasteiger charge is -2.08. The summed E-state index contributed by atoms with van der Waals surface area (Å²) in [5, 5.41) is 6.08. The third-order valence-electron chi connectivity index (χ3n) is 3.09. The van der Waals surface area contributed by atoms with Gasteiger partial charge in [0, 0.05) is 5.39 Å².